The van der Waals surface area contributed by atoms with Gasteiger partial charge in [-0.3, -0.25) is 4.99 Å². The zero-order chi connectivity index (χ0) is 17.0. The van der Waals surface area contributed by atoms with Crippen molar-refractivity contribution in [1.29, 1.82) is 0 Å². The summed E-state index contributed by atoms with van der Waals surface area (Å²) in [4.78, 5) is 13.8. The lowest BCUT2D eigenvalue weighted by atomic mass is 9.68. The molecule has 2 aliphatic rings. The zero-order valence-corrected chi connectivity index (χ0v) is 15.4. The van der Waals surface area contributed by atoms with Crippen LogP contribution in [0, 0.1) is 5.41 Å². The van der Waals surface area contributed by atoms with E-state index in [1.54, 1.807) is 0 Å². The van der Waals surface area contributed by atoms with Gasteiger partial charge in [0, 0.05) is 46.0 Å². The standard InChI is InChI=1S/C19H31N5/c1-4-23(5-2)17-8-7-16(13-21-17)14-22-18(20-3)24-12-11-19(15-24)9-6-10-19/h7-8,13H,4-6,9-12,14-15H2,1-3H3,(H,20,22). The van der Waals surface area contributed by atoms with Crippen molar-refractivity contribution in [2.45, 2.75) is 46.1 Å². The smallest absolute Gasteiger partial charge is 0.193 e. The number of nitrogens with one attached hydrogen (secondary N) is 1. The normalized spacial score (nSPS) is 19.5. The largest absolute Gasteiger partial charge is 0.357 e. The predicted molar refractivity (Wildman–Crippen MR) is 100 cm³/mol. The first-order valence-electron chi connectivity index (χ1n) is 9.35. The summed E-state index contributed by atoms with van der Waals surface area (Å²) < 4.78 is 0. The summed E-state index contributed by atoms with van der Waals surface area (Å²) in [5.74, 6) is 2.09. The Kier molecular flexibility index (Phi) is 5.27. The van der Waals surface area contributed by atoms with E-state index in [1.165, 1.54) is 37.8 Å². The summed E-state index contributed by atoms with van der Waals surface area (Å²) >= 11 is 0. The quantitative estimate of drug-likeness (QED) is 0.666. The number of aliphatic imine (C=N–C) groups is 1. The van der Waals surface area contributed by atoms with Crippen molar-refractivity contribution in [1.82, 2.24) is 15.2 Å². The molecule has 2 fully saturated rings. The van der Waals surface area contributed by atoms with Crippen LogP contribution in [0.1, 0.15) is 45.1 Å². The molecule has 132 valence electrons. The second-order valence-corrected chi connectivity index (χ2v) is 7.12. The molecule has 1 N–H and O–H groups in total. The van der Waals surface area contributed by atoms with E-state index in [0.717, 1.165) is 38.0 Å². The lowest BCUT2D eigenvalue weighted by molar-refractivity contribution is 0.151. The highest BCUT2D eigenvalue weighted by Gasteiger charge is 2.43. The summed E-state index contributed by atoms with van der Waals surface area (Å²) in [6.45, 7) is 9.40. The zero-order valence-electron chi connectivity index (χ0n) is 15.4. The van der Waals surface area contributed by atoms with Gasteiger partial charge < -0.3 is 15.1 Å². The molecule has 2 heterocycles. The van der Waals surface area contributed by atoms with E-state index in [0.29, 0.717) is 5.41 Å². The van der Waals surface area contributed by atoms with Gasteiger partial charge in [-0.2, -0.15) is 0 Å². The minimum Gasteiger partial charge on any atom is -0.357 e. The number of likely N-dealkylation sites (tertiary alicyclic amines) is 1. The van der Waals surface area contributed by atoms with E-state index in [4.69, 9.17) is 0 Å². The van der Waals surface area contributed by atoms with Crippen LogP contribution in [0.25, 0.3) is 0 Å². The van der Waals surface area contributed by atoms with E-state index < -0.39 is 0 Å². The van der Waals surface area contributed by atoms with E-state index in [1.807, 2.05) is 13.2 Å². The number of guanidine groups is 1. The van der Waals surface area contributed by atoms with Crippen LogP contribution in [0.2, 0.25) is 0 Å². The van der Waals surface area contributed by atoms with Crippen LogP contribution in [-0.2, 0) is 6.54 Å². The van der Waals surface area contributed by atoms with Crippen LogP contribution in [0.3, 0.4) is 0 Å². The first-order valence-corrected chi connectivity index (χ1v) is 9.35. The molecule has 0 unspecified atom stereocenters. The van der Waals surface area contributed by atoms with Crippen LogP contribution in [0.4, 0.5) is 5.82 Å². The lowest BCUT2D eigenvalue weighted by Crippen LogP contribution is -2.42. The number of aromatic nitrogens is 1. The summed E-state index contributed by atoms with van der Waals surface area (Å²) in [6.07, 6.45) is 7.51. The van der Waals surface area contributed by atoms with E-state index >= 15 is 0 Å². The Balaban J connectivity index is 1.54. The second-order valence-electron chi connectivity index (χ2n) is 7.12. The van der Waals surface area contributed by atoms with Gasteiger partial charge in [0.2, 0.25) is 0 Å². The number of nitrogens with zero attached hydrogens (tertiary/aromatic N) is 4. The van der Waals surface area contributed by atoms with Gasteiger partial charge in [0.1, 0.15) is 5.82 Å². The van der Waals surface area contributed by atoms with Crippen molar-refractivity contribution in [2.24, 2.45) is 10.4 Å². The van der Waals surface area contributed by atoms with Crippen molar-refractivity contribution in [2.75, 3.05) is 38.1 Å². The highest BCUT2D eigenvalue weighted by molar-refractivity contribution is 5.80. The summed E-state index contributed by atoms with van der Waals surface area (Å²) in [7, 11) is 1.88. The highest BCUT2D eigenvalue weighted by atomic mass is 15.3. The third kappa shape index (κ3) is 3.50. The van der Waals surface area contributed by atoms with Crippen molar-refractivity contribution in [3.8, 4) is 0 Å². The molecule has 3 rings (SSSR count). The average molecular weight is 329 g/mol. The molecule has 1 aromatic rings. The maximum Gasteiger partial charge on any atom is 0.193 e. The van der Waals surface area contributed by atoms with Crippen molar-refractivity contribution < 1.29 is 0 Å². The monoisotopic (exact) mass is 329 g/mol. The minimum atomic E-state index is 0.602. The molecule has 1 spiro atoms. The van der Waals surface area contributed by atoms with Gasteiger partial charge >= 0.3 is 0 Å². The molecule has 0 atom stereocenters. The van der Waals surface area contributed by atoms with Crippen LogP contribution >= 0.6 is 0 Å². The Labute approximate surface area is 146 Å². The Morgan fingerprint density at radius 1 is 1.29 bits per heavy atom. The molecular formula is C19H31N5. The highest BCUT2D eigenvalue weighted by Crippen LogP contribution is 2.47. The predicted octanol–water partition coefficient (Wildman–Crippen LogP) is 2.88. The van der Waals surface area contributed by atoms with Gasteiger partial charge in [0.15, 0.2) is 5.96 Å². The Morgan fingerprint density at radius 3 is 2.58 bits per heavy atom. The second kappa shape index (κ2) is 7.41. The van der Waals surface area contributed by atoms with Crippen LogP contribution in [0.15, 0.2) is 23.3 Å². The Hall–Kier alpha value is -1.78. The molecule has 1 aromatic heterocycles. The number of hydrogen-bond donors (Lipinski definition) is 1. The molecular weight excluding hydrogens is 298 g/mol. The Bertz CT molecular complexity index is 558. The molecule has 1 aliphatic carbocycles. The fraction of sp³-hybridized carbons (Fsp3) is 0.684. The van der Waals surface area contributed by atoms with Crippen LogP contribution in [-0.4, -0.2) is 49.1 Å². The maximum absolute atomic E-state index is 4.60. The number of anilines is 1. The van der Waals surface area contributed by atoms with Crippen LogP contribution in [0.5, 0.6) is 0 Å². The average Bonchev–Trinajstić information content (AvgIpc) is 3.04. The van der Waals surface area contributed by atoms with E-state index in [2.05, 4.69) is 51.1 Å². The molecule has 1 saturated heterocycles. The molecule has 5 heteroatoms. The third-order valence-electron chi connectivity index (χ3n) is 5.71. The summed E-state index contributed by atoms with van der Waals surface area (Å²) in [5.41, 5.74) is 1.80. The summed E-state index contributed by atoms with van der Waals surface area (Å²) in [6, 6.07) is 4.28. The fourth-order valence-corrected chi connectivity index (χ4v) is 3.97. The molecule has 1 saturated carbocycles. The number of rotatable bonds is 5. The number of hydrogen-bond acceptors (Lipinski definition) is 3. The van der Waals surface area contributed by atoms with Crippen molar-refractivity contribution >= 4 is 11.8 Å². The first-order chi connectivity index (χ1) is 11.7. The molecule has 5 nitrogen and oxygen atoms in total. The SMILES string of the molecule is CCN(CC)c1ccc(CNC(=NC)N2CCC3(CCC3)C2)cn1. The van der Waals surface area contributed by atoms with Gasteiger partial charge in [0.25, 0.3) is 0 Å². The molecule has 1 aliphatic heterocycles. The minimum absolute atomic E-state index is 0.602. The van der Waals surface area contributed by atoms with Gasteiger partial charge in [-0.15, -0.1) is 0 Å². The molecule has 0 aromatic carbocycles. The Morgan fingerprint density at radius 2 is 2.08 bits per heavy atom. The molecule has 0 bridgehead atoms. The summed E-state index contributed by atoms with van der Waals surface area (Å²) in [5, 5.41) is 3.51. The number of pyridine rings is 1. The maximum atomic E-state index is 4.60. The fourth-order valence-electron chi connectivity index (χ4n) is 3.97. The van der Waals surface area contributed by atoms with Gasteiger partial charge in [0.05, 0.1) is 0 Å². The molecule has 24 heavy (non-hydrogen) atoms. The molecule has 0 amide bonds. The van der Waals surface area contributed by atoms with Gasteiger partial charge in [-0.1, -0.05) is 12.5 Å². The van der Waals surface area contributed by atoms with Crippen LogP contribution < -0.4 is 10.2 Å². The topological polar surface area (TPSA) is 43.8 Å². The van der Waals surface area contributed by atoms with Crippen molar-refractivity contribution in [3.63, 3.8) is 0 Å². The molecule has 0 radical (unpaired) electrons. The van der Waals surface area contributed by atoms with E-state index in [9.17, 15) is 0 Å². The van der Waals surface area contributed by atoms with Crippen molar-refractivity contribution in [3.05, 3.63) is 23.9 Å². The first kappa shape index (κ1) is 17.1. The third-order valence-corrected chi connectivity index (χ3v) is 5.71. The van der Waals surface area contributed by atoms with Gasteiger partial charge in [-0.05, 0) is 50.2 Å². The lowest BCUT2D eigenvalue weighted by Gasteiger charge is -2.38. The van der Waals surface area contributed by atoms with Gasteiger partial charge in [-0.25, -0.2) is 4.98 Å². The van der Waals surface area contributed by atoms with E-state index in [-0.39, 0.29) is 0 Å².